The smallest absolute Gasteiger partial charge is 0.227 e. The van der Waals surface area contributed by atoms with Crippen molar-refractivity contribution in [2.75, 3.05) is 24.6 Å². The van der Waals surface area contributed by atoms with Gasteiger partial charge in [-0.05, 0) is 24.3 Å². The molecule has 0 spiro atoms. The van der Waals surface area contributed by atoms with E-state index < -0.39 is 0 Å². The number of rotatable bonds is 6. The normalized spacial score (nSPS) is 16.8. The maximum Gasteiger partial charge on any atom is 0.227 e. The summed E-state index contributed by atoms with van der Waals surface area (Å²) in [6.45, 7) is 1.11. The molecule has 1 atom stereocenters. The lowest BCUT2D eigenvalue weighted by molar-refractivity contribution is -0.126. The molecule has 130 valence electrons. The van der Waals surface area contributed by atoms with E-state index in [9.17, 15) is 9.59 Å². The second-order valence-electron chi connectivity index (χ2n) is 5.81. The number of anilines is 1. The van der Waals surface area contributed by atoms with E-state index in [4.69, 9.17) is 16.3 Å². The first kappa shape index (κ1) is 17.3. The molecular formula is C19H19ClN2O3. The fraction of sp³-hybridized carbons (Fsp3) is 0.263. The zero-order valence-electron chi connectivity index (χ0n) is 13.7. The Morgan fingerprint density at radius 2 is 1.88 bits per heavy atom. The highest BCUT2D eigenvalue weighted by atomic mass is 35.5. The number of para-hydroxylation sites is 2. The fourth-order valence-electron chi connectivity index (χ4n) is 2.79. The number of benzene rings is 2. The third kappa shape index (κ3) is 4.31. The number of nitrogens with zero attached hydrogens (tertiary/aromatic N) is 1. The minimum atomic E-state index is -0.375. The van der Waals surface area contributed by atoms with Crippen LogP contribution in [-0.4, -0.2) is 31.5 Å². The van der Waals surface area contributed by atoms with Crippen molar-refractivity contribution in [2.45, 2.75) is 6.42 Å². The predicted octanol–water partition coefficient (Wildman–Crippen LogP) is 2.89. The number of carbonyl (C=O) groups excluding carboxylic acids is 2. The van der Waals surface area contributed by atoms with Crippen LogP contribution in [0.1, 0.15) is 6.42 Å². The number of hydrogen-bond donors (Lipinski definition) is 1. The highest BCUT2D eigenvalue weighted by Crippen LogP contribution is 2.30. The Morgan fingerprint density at radius 3 is 2.64 bits per heavy atom. The molecule has 1 fully saturated rings. The van der Waals surface area contributed by atoms with Gasteiger partial charge in [0.2, 0.25) is 11.8 Å². The van der Waals surface area contributed by atoms with Gasteiger partial charge < -0.3 is 15.0 Å². The molecule has 3 rings (SSSR count). The van der Waals surface area contributed by atoms with Crippen molar-refractivity contribution in [1.82, 2.24) is 5.32 Å². The molecule has 0 radical (unpaired) electrons. The molecular weight excluding hydrogens is 340 g/mol. The van der Waals surface area contributed by atoms with Crippen molar-refractivity contribution in [1.29, 1.82) is 0 Å². The van der Waals surface area contributed by atoms with E-state index in [0.29, 0.717) is 30.4 Å². The van der Waals surface area contributed by atoms with Crippen LogP contribution in [0, 0.1) is 5.92 Å². The first-order valence-electron chi connectivity index (χ1n) is 8.15. The summed E-state index contributed by atoms with van der Waals surface area (Å²) in [4.78, 5) is 26.1. The number of nitrogens with one attached hydrogen (secondary N) is 1. The van der Waals surface area contributed by atoms with E-state index >= 15 is 0 Å². The lowest BCUT2D eigenvalue weighted by Gasteiger charge is -2.18. The van der Waals surface area contributed by atoms with Gasteiger partial charge in [0.05, 0.1) is 23.2 Å². The fourth-order valence-corrected chi connectivity index (χ4v) is 3.03. The molecule has 0 aliphatic carbocycles. The van der Waals surface area contributed by atoms with Crippen molar-refractivity contribution in [2.24, 2.45) is 5.92 Å². The molecule has 1 N–H and O–H groups in total. The third-order valence-corrected chi connectivity index (χ3v) is 4.37. The second-order valence-corrected chi connectivity index (χ2v) is 6.22. The summed E-state index contributed by atoms with van der Waals surface area (Å²) in [6, 6.07) is 16.6. The molecule has 0 aromatic heterocycles. The molecule has 1 aliphatic rings. The molecule has 2 aromatic carbocycles. The van der Waals surface area contributed by atoms with Gasteiger partial charge in [-0.3, -0.25) is 9.59 Å². The number of ether oxygens (including phenoxy) is 1. The van der Waals surface area contributed by atoms with Crippen molar-refractivity contribution >= 4 is 29.1 Å². The highest BCUT2D eigenvalue weighted by Gasteiger charge is 2.35. The number of halogens is 1. The van der Waals surface area contributed by atoms with Crippen LogP contribution in [0.5, 0.6) is 5.75 Å². The van der Waals surface area contributed by atoms with E-state index in [0.717, 1.165) is 5.75 Å². The van der Waals surface area contributed by atoms with E-state index in [1.54, 1.807) is 17.0 Å². The minimum Gasteiger partial charge on any atom is -0.492 e. The van der Waals surface area contributed by atoms with Crippen LogP contribution in [-0.2, 0) is 9.59 Å². The summed E-state index contributed by atoms with van der Waals surface area (Å²) >= 11 is 6.15. The van der Waals surface area contributed by atoms with E-state index in [1.165, 1.54) is 0 Å². The molecule has 0 bridgehead atoms. The Labute approximate surface area is 151 Å². The third-order valence-electron chi connectivity index (χ3n) is 4.05. The summed E-state index contributed by atoms with van der Waals surface area (Å²) in [5.41, 5.74) is 0.650. The van der Waals surface area contributed by atoms with Crippen molar-refractivity contribution < 1.29 is 14.3 Å². The van der Waals surface area contributed by atoms with Crippen LogP contribution in [0.2, 0.25) is 5.02 Å². The Morgan fingerprint density at radius 1 is 1.16 bits per heavy atom. The molecule has 2 amide bonds. The summed E-state index contributed by atoms with van der Waals surface area (Å²) in [5, 5.41) is 3.33. The molecule has 5 nitrogen and oxygen atoms in total. The maximum atomic E-state index is 12.3. The van der Waals surface area contributed by atoms with Crippen LogP contribution in [0.3, 0.4) is 0 Å². The monoisotopic (exact) mass is 358 g/mol. The summed E-state index contributed by atoms with van der Waals surface area (Å²) < 4.78 is 5.54. The number of carbonyl (C=O) groups is 2. The van der Waals surface area contributed by atoms with Gasteiger partial charge in [-0.15, -0.1) is 0 Å². The Bertz CT molecular complexity index is 751. The van der Waals surface area contributed by atoms with E-state index in [1.807, 2.05) is 42.5 Å². The maximum absolute atomic E-state index is 12.3. The van der Waals surface area contributed by atoms with E-state index in [2.05, 4.69) is 5.32 Å². The lowest BCUT2D eigenvalue weighted by Crippen LogP contribution is -2.35. The average Bonchev–Trinajstić information content (AvgIpc) is 3.01. The summed E-state index contributed by atoms with van der Waals surface area (Å²) in [5.74, 6) is 0.159. The van der Waals surface area contributed by atoms with Gasteiger partial charge in [0.25, 0.3) is 0 Å². The van der Waals surface area contributed by atoms with Gasteiger partial charge in [-0.1, -0.05) is 41.9 Å². The Hall–Kier alpha value is -2.53. The molecule has 2 aromatic rings. The average molecular weight is 359 g/mol. The molecule has 6 heteroatoms. The van der Waals surface area contributed by atoms with Gasteiger partial charge in [-0.2, -0.15) is 0 Å². The molecule has 1 unspecified atom stereocenters. The molecule has 1 saturated heterocycles. The lowest BCUT2D eigenvalue weighted by atomic mass is 10.1. The van der Waals surface area contributed by atoms with Gasteiger partial charge >= 0.3 is 0 Å². The first-order chi connectivity index (χ1) is 12.1. The van der Waals surface area contributed by atoms with Gasteiger partial charge in [0.15, 0.2) is 0 Å². The zero-order valence-corrected chi connectivity index (χ0v) is 14.4. The largest absolute Gasteiger partial charge is 0.492 e. The van der Waals surface area contributed by atoms with Crippen LogP contribution < -0.4 is 15.0 Å². The highest BCUT2D eigenvalue weighted by molar-refractivity contribution is 6.33. The second kappa shape index (κ2) is 8.03. The Kier molecular flexibility index (Phi) is 5.56. The van der Waals surface area contributed by atoms with Gasteiger partial charge in [0.1, 0.15) is 12.4 Å². The summed E-state index contributed by atoms with van der Waals surface area (Å²) in [6.07, 6.45) is 0.191. The van der Waals surface area contributed by atoms with Gasteiger partial charge in [-0.25, -0.2) is 0 Å². The number of amides is 2. The van der Waals surface area contributed by atoms with Crippen LogP contribution in [0.25, 0.3) is 0 Å². The minimum absolute atomic E-state index is 0.0891. The molecule has 1 heterocycles. The standard InChI is InChI=1S/C19H19ClN2O3/c20-16-8-4-5-9-17(16)22-13-14(12-18(22)23)19(24)21-10-11-25-15-6-2-1-3-7-15/h1-9,14H,10-13H2,(H,21,24). The van der Waals surface area contributed by atoms with Crippen LogP contribution >= 0.6 is 11.6 Å². The van der Waals surface area contributed by atoms with Crippen LogP contribution in [0.4, 0.5) is 5.69 Å². The van der Waals surface area contributed by atoms with Crippen LogP contribution in [0.15, 0.2) is 54.6 Å². The quantitative estimate of drug-likeness (QED) is 0.808. The van der Waals surface area contributed by atoms with E-state index in [-0.39, 0.29) is 24.2 Å². The first-order valence-corrected chi connectivity index (χ1v) is 8.53. The number of hydrogen-bond acceptors (Lipinski definition) is 3. The van der Waals surface area contributed by atoms with Crippen molar-refractivity contribution in [3.8, 4) is 5.75 Å². The molecule has 25 heavy (non-hydrogen) atoms. The summed E-state index contributed by atoms with van der Waals surface area (Å²) in [7, 11) is 0. The topological polar surface area (TPSA) is 58.6 Å². The van der Waals surface area contributed by atoms with Crippen molar-refractivity contribution in [3.63, 3.8) is 0 Å². The zero-order chi connectivity index (χ0) is 17.6. The predicted molar refractivity (Wildman–Crippen MR) is 96.9 cm³/mol. The SMILES string of the molecule is O=C(NCCOc1ccccc1)C1CC(=O)N(c2ccccc2Cl)C1. The van der Waals surface area contributed by atoms with Gasteiger partial charge in [0, 0.05) is 13.0 Å². The Balaban J connectivity index is 1.49. The van der Waals surface area contributed by atoms with Crippen molar-refractivity contribution in [3.05, 3.63) is 59.6 Å². The molecule has 1 aliphatic heterocycles. The molecule has 0 saturated carbocycles.